The van der Waals surface area contributed by atoms with Crippen LogP contribution in [0.2, 0.25) is 0 Å². The molecule has 1 aliphatic rings. The van der Waals surface area contributed by atoms with Gasteiger partial charge in [0, 0.05) is 21.7 Å². The number of carboxylic acid groups (broad SMARTS) is 1. The molecule has 0 bridgehead atoms. The Bertz CT molecular complexity index is 779. The molecule has 0 amide bonds. The number of nitrogens with zero attached hydrogens (tertiary/aromatic N) is 1. The van der Waals surface area contributed by atoms with Crippen LogP contribution in [-0.2, 0) is 6.54 Å². The van der Waals surface area contributed by atoms with Crippen molar-refractivity contribution in [2.45, 2.75) is 19.4 Å². The summed E-state index contributed by atoms with van der Waals surface area (Å²) >= 11 is 2.14. The minimum atomic E-state index is -1.17. The minimum Gasteiger partial charge on any atom is -0.477 e. The predicted molar refractivity (Wildman–Crippen MR) is 93.5 cm³/mol. The van der Waals surface area contributed by atoms with Crippen molar-refractivity contribution in [2.75, 3.05) is 13.1 Å². The maximum Gasteiger partial charge on any atom is 0.341 e. The summed E-state index contributed by atoms with van der Waals surface area (Å²) in [6, 6.07) is 5.61. The van der Waals surface area contributed by atoms with E-state index in [4.69, 9.17) is 0 Å². The molecular formula is C16H17IN2O3. The first kappa shape index (κ1) is 15.5. The Morgan fingerprint density at radius 1 is 1.45 bits per heavy atom. The molecule has 0 aliphatic carbocycles. The molecule has 1 aliphatic heterocycles. The molecule has 2 aromatic rings. The van der Waals surface area contributed by atoms with Crippen LogP contribution in [0.4, 0.5) is 0 Å². The van der Waals surface area contributed by atoms with Gasteiger partial charge in [-0.2, -0.15) is 0 Å². The number of carbonyl (C=O) groups is 1. The molecule has 0 saturated carbocycles. The van der Waals surface area contributed by atoms with Crippen molar-refractivity contribution < 1.29 is 9.90 Å². The van der Waals surface area contributed by atoms with Gasteiger partial charge in [0.2, 0.25) is 5.43 Å². The smallest absolute Gasteiger partial charge is 0.341 e. The van der Waals surface area contributed by atoms with E-state index in [0.717, 1.165) is 41.6 Å². The number of benzene rings is 1. The second-order valence-electron chi connectivity index (χ2n) is 5.70. The number of pyridine rings is 1. The third-order valence-corrected chi connectivity index (χ3v) is 4.80. The number of aromatic nitrogens is 1. The molecule has 2 heterocycles. The number of aromatic carboxylic acids is 1. The Labute approximate surface area is 141 Å². The lowest BCUT2D eigenvalue weighted by Crippen LogP contribution is -2.32. The molecule has 1 aromatic carbocycles. The van der Waals surface area contributed by atoms with E-state index in [1.54, 1.807) is 6.07 Å². The highest BCUT2D eigenvalue weighted by molar-refractivity contribution is 14.1. The van der Waals surface area contributed by atoms with E-state index in [2.05, 4.69) is 27.9 Å². The number of hydrogen-bond donors (Lipinski definition) is 2. The van der Waals surface area contributed by atoms with Gasteiger partial charge in [-0.1, -0.05) is 0 Å². The molecule has 116 valence electrons. The third kappa shape index (κ3) is 3.03. The Morgan fingerprint density at radius 2 is 2.27 bits per heavy atom. The number of hydrogen-bond acceptors (Lipinski definition) is 3. The van der Waals surface area contributed by atoms with Gasteiger partial charge in [-0.05, 0) is 72.6 Å². The van der Waals surface area contributed by atoms with Crippen molar-refractivity contribution in [1.29, 1.82) is 0 Å². The van der Waals surface area contributed by atoms with Crippen LogP contribution in [0.1, 0.15) is 23.2 Å². The average Bonchev–Trinajstić information content (AvgIpc) is 2.51. The number of halogens is 1. The first-order chi connectivity index (χ1) is 10.6. The van der Waals surface area contributed by atoms with Gasteiger partial charge in [-0.3, -0.25) is 4.79 Å². The topological polar surface area (TPSA) is 71.3 Å². The molecule has 5 nitrogen and oxygen atoms in total. The summed E-state index contributed by atoms with van der Waals surface area (Å²) in [5.74, 6) is -0.707. The fourth-order valence-corrected chi connectivity index (χ4v) is 3.52. The molecule has 22 heavy (non-hydrogen) atoms. The van der Waals surface area contributed by atoms with Crippen LogP contribution in [-0.4, -0.2) is 28.7 Å². The Hall–Kier alpha value is -1.41. The highest BCUT2D eigenvalue weighted by Gasteiger charge is 2.18. The molecule has 1 fully saturated rings. The maximum absolute atomic E-state index is 12.4. The Kier molecular flexibility index (Phi) is 4.49. The third-order valence-electron chi connectivity index (χ3n) is 4.13. The number of rotatable bonds is 3. The second kappa shape index (κ2) is 6.37. The van der Waals surface area contributed by atoms with Gasteiger partial charge < -0.3 is 15.0 Å². The van der Waals surface area contributed by atoms with Gasteiger partial charge in [-0.25, -0.2) is 4.79 Å². The van der Waals surface area contributed by atoms with Gasteiger partial charge in [0.1, 0.15) is 5.56 Å². The van der Waals surface area contributed by atoms with E-state index < -0.39 is 11.4 Å². The Balaban J connectivity index is 2.13. The van der Waals surface area contributed by atoms with E-state index >= 15 is 0 Å². The highest BCUT2D eigenvalue weighted by atomic mass is 127. The van der Waals surface area contributed by atoms with Crippen molar-refractivity contribution in [1.82, 2.24) is 9.88 Å². The molecule has 1 atom stereocenters. The van der Waals surface area contributed by atoms with Crippen LogP contribution >= 0.6 is 22.6 Å². The largest absolute Gasteiger partial charge is 0.477 e. The van der Waals surface area contributed by atoms with Crippen molar-refractivity contribution in [3.8, 4) is 0 Å². The maximum atomic E-state index is 12.4. The molecule has 6 heteroatoms. The lowest BCUT2D eigenvalue weighted by atomic mass is 9.99. The highest BCUT2D eigenvalue weighted by Crippen LogP contribution is 2.19. The van der Waals surface area contributed by atoms with Crippen LogP contribution in [0.15, 0.2) is 29.2 Å². The lowest BCUT2D eigenvalue weighted by molar-refractivity contribution is 0.0694. The van der Waals surface area contributed by atoms with E-state index in [1.807, 2.05) is 16.7 Å². The Morgan fingerprint density at radius 3 is 2.95 bits per heavy atom. The van der Waals surface area contributed by atoms with Crippen LogP contribution in [0.3, 0.4) is 0 Å². The van der Waals surface area contributed by atoms with Gasteiger partial charge >= 0.3 is 5.97 Å². The summed E-state index contributed by atoms with van der Waals surface area (Å²) in [6.45, 7) is 2.70. The molecular weight excluding hydrogens is 395 g/mol. The predicted octanol–water partition coefficient (Wildman–Crippen LogP) is 2.30. The average molecular weight is 412 g/mol. The minimum absolute atomic E-state index is 0.154. The van der Waals surface area contributed by atoms with Crippen molar-refractivity contribution in [3.05, 3.63) is 43.8 Å². The zero-order valence-electron chi connectivity index (χ0n) is 12.0. The fraction of sp³-hybridized carbons (Fsp3) is 0.375. The van der Waals surface area contributed by atoms with Crippen LogP contribution in [0, 0.1) is 9.49 Å². The summed E-state index contributed by atoms with van der Waals surface area (Å²) in [5.41, 5.74) is 0.248. The number of piperidine rings is 1. The standard InChI is InChI=1S/C16H17IN2O3/c17-11-3-4-14-12(6-11)15(20)13(16(21)22)9-19(14)8-10-2-1-5-18-7-10/h3-4,6,9-10,18H,1-2,5,7-8H2,(H,21,22)/t10-/m0/s1. The monoisotopic (exact) mass is 412 g/mol. The molecule has 0 unspecified atom stereocenters. The fourth-order valence-electron chi connectivity index (χ4n) is 3.03. The molecule has 0 spiro atoms. The molecule has 0 radical (unpaired) electrons. The quantitative estimate of drug-likeness (QED) is 0.760. The lowest BCUT2D eigenvalue weighted by Gasteiger charge is -2.24. The molecule has 1 saturated heterocycles. The molecule has 1 aromatic heterocycles. The summed E-state index contributed by atoms with van der Waals surface area (Å²) in [4.78, 5) is 23.7. The van der Waals surface area contributed by atoms with E-state index in [-0.39, 0.29) is 5.56 Å². The van der Waals surface area contributed by atoms with E-state index in [9.17, 15) is 14.7 Å². The number of fused-ring (bicyclic) bond motifs is 1. The summed E-state index contributed by atoms with van der Waals surface area (Å²) < 4.78 is 2.85. The van der Waals surface area contributed by atoms with Crippen molar-refractivity contribution in [2.24, 2.45) is 5.92 Å². The van der Waals surface area contributed by atoms with Gasteiger partial charge in [0.05, 0.1) is 5.52 Å². The summed E-state index contributed by atoms with van der Waals surface area (Å²) in [6.07, 6.45) is 3.74. The van der Waals surface area contributed by atoms with Crippen LogP contribution in [0.5, 0.6) is 0 Å². The van der Waals surface area contributed by atoms with E-state index in [0.29, 0.717) is 11.3 Å². The first-order valence-corrected chi connectivity index (χ1v) is 8.41. The van der Waals surface area contributed by atoms with Gasteiger partial charge in [0.15, 0.2) is 0 Å². The van der Waals surface area contributed by atoms with Crippen LogP contribution < -0.4 is 10.7 Å². The summed E-state index contributed by atoms with van der Waals surface area (Å²) in [7, 11) is 0. The van der Waals surface area contributed by atoms with Crippen molar-refractivity contribution in [3.63, 3.8) is 0 Å². The van der Waals surface area contributed by atoms with E-state index in [1.165, 1.54) is 6.20 Å². The zero-order chi connectivity index (χ0) is 15.7. The second-order valence-corrected chi connectivity index (χ2v) is 6.95. The molecule has 2 N–H and O–H groups in total. The zero-order valence-corrected chi connectivity index (χ0v) is 14.2. The first-order valence-electron chi connectivity index (χ1n) is 7.33. The van der Waals surface area contributed by atoms with Gasteiger partial charge in [-0.15, -0.1) is 0 Å². The summed E-state index contributed by atoms with van der Waals surface area (Å²) in [5, 5.41) is 13.1. The number of nitrogens with one attached hydrogen (secondary N) is 1. The SMILES string of the molecule is O=C(O)c1cn(C[C@H]2CCCNC2)c2ccc(I)cc2c1=O. The van der Waals surface area contributed by atoms with Crippen molar-refractivity contribution >= 4 is 39.5 Å². The normalized spacial score (nSPS) is 18.5. The molecule has 3 rings (SSSR count). The van der Waals surface area contributed by atoms with Crippen LogP contribution in [0.25, 0.3) is 10.9 Å². The number of carboxylic acids is 1. The van der Waals surface area contributed by atoms with Gasteiger partial charge in [0.25, 0.3) is 0 Å².